The van der Waals surface area contributed by atoms with E-state index in [2.05, 4.69) is 16.2 Å². The molecule has 4 N–H and O–H groups in total. The number of fused-ring (bicyclic) bond motifs is 1. The van der Waals surface area contributed by atoms with Crippen LogP contribution in [0.3, 0.4) is 0 Å². The Morgan fingerprint density at radius 1 is 1.54 bits per heavy atom. The van der Waals surface area contributed by atoms with Crippen LogP contribution < -0.4 is 5.73 Å². The summed E-state index contributed by atoms with van der Waals surface area (Å²) in [6, 6.07) is 5.37. The highest BCUT2D eigenvalue weighted by atomic mass is 32.2. The molecule has 0 spiro atoms. The molecule has 0 aliphatic carbocycles. The van der Waals surface area contributed by atoms with Crippen molar-refractivity contribution in [3.8, 4) is 6.07 Å². The van der Waals surface area contributed by atoms with Gasteiger partial charge in [-0.2, -0.15) is 10.4 Å². The third kappa shape index (κ3) is 2.78. The van der Waals surface area contributed by atoms with Gasteiger partial charge in [0.2, 0.25) is 0 Å². The molecule has 2 unspecified atom stereocenters. The number of ether oxygens (including phenoxy) is 1. The van der Waals surface area contributed by atoms with Gasteiger partial charge < -0.3 is 20.7 Å². The van der Waals surface area contributed by atoms with Gasteiger partial charge in [-0.1, -0.05) is 13.8 Å². The van der Waals surface area contributed by atoms with Crippen LogP contribution in [0.15, 0.2) is 18.5 Å². The highest BCUT2D eigenvalue weighted by Gasteiger charge is 2.57. The summed E-state index contributed by atoms with van der Waals surface area (Å²) < 4.78 is 5.12. The minimum Gasteiger partial charge on any atom is -0.464 e. The molecule has 138 valence electrons. The molecule has 26 heavy (non-hydrogen) atoms. The normalized spacial score (nSPS) is 28.4. The lowest BCUT2D eigenvalue weighted by molar-refractivity contribution is -0.148. The molecule has 3 heterocycles. The number of hydrogen-bond donors (Lipinski definition) is 3. The highest BCUT2D eigenvalue weighted by molar-refractivity contribution is 8.01. The van der Waals surface area contributed by atoms with Crippen molar-refractivity contribution in [2.75, 3.05) is 12.3 Å². The van der Waals surface area contributed by atoms with E-state index in [-0.39, 0.29) is 18.3 Å². The largest absolute Gasteiger partial charge is 0.464 e. The van der Waals surface area contributed by atoms with Crippen molar-refractivity contribution in [1.82, 2.24) is 14.6 Å². The molecule has 0 bridgehead atoms. The van der Waals surface area contributed by atoms with Gasteiger partial charge in [0, 0.05) is 0 Å². The Labute approximate surface area is 153 Å². The molecular weight excluding hydrogens is 358 g/mol. The number of aliphatic hydroxyl groups excluding tert-OH is 2. The summed E-state index contributed by atoms with van der Waals surface area (Å²) in [6.07, 6.45) is -1.39. The first-order chi connectivity index (χ1) is 12.3. The maximum absolute atomic E-state index is 11.7. The van der Waals surface area contributed by atoms with Crippen LogP contribution in [-0.2, 0) is 14.3 Å². The van der Waals surface area contributed by atoms with Crippen LogP contribution >= 0.6 is 11.8 Å². The third-order valence-electron chi connectivity index (χ3n) is 4.35. The first-order valence-corrected chi connectivity index (χ1v) is 8.90. The number of nitrogens with zero attached hydrogens (tertiary/aromatic N) is 4. The molecule has 0 saturated carbocycles. The fourth-order valence-corrected chi connectivity index (χ4v) is 4.39. The number of anilines is 1. The molecule has 4 atom stereocenters. The van der Waals surface area contributed by atoms with Crippen LogP contribution in [-0.4, -0.2) is 54.8 Å². The van der Waals surface area contributed by atoms with Gasteiger partial charge in [-0.05, 0) is 12.1 Å². The Kier molecular flexibility index (Phi) is 4.79. The topological polar surface area (TPSA) is 147 Å². The van der Waals surface area contributed by atoms with Gasteiger partial charge in [0.15, 0.2) is 10.6 Å². The minimum absolute atomic E-state index is 0.107. The first-order valence-electron chi connectivity index (χ1n) is 8.02. The second kappa shape index (κ2) is 6.75. The quantitative estimate of drug-likeness (QED) is 0.629. The molecule has 0 amide bonds. The van der Waals surface area contributed by atoms with E-state index in [1.54, 1.807) is 26.0 Å². The molecule has 1 fully saturated rings. The average molecular weight is 377 g/mol. The standard InChI is InChI=1S/C16H19N5O4S/c1-8(2)15(24)25-5-10-12(22)13(23)16(6-17,26-10)11-4-3-9-14(18)19-7-20-21(9)11/h3-4,7-8,10,12-13,22-23H,5H2,1-2H3,(H2,18,19,20)/t10-,12?,13?,16+/m1/s1. The number of rotatable bonds is 4. The van der Waals surface area contributed by atoms with Crippen LogP contribution in [0.4, 0.5) is 5.82 Å². The van der Waals surface area contributed by atoms with Crippen LogP contribution in [0.1, 0.15) is 19.5 Å². The number of aromatic nitrogens is 3. The number of carbonyl (C=O) groups excluding carboxylic acids is 1. The van der Waals surface area contributed by atoms with E-state index in [0.717, 1.165) is 11.8 Å². The number of hydrogen-bond acceptors (Lipinski definition) is 9. The Morgan fingerprint density at radius 3 is 2.92 bits per heavy atom. The maximum Gasteiger partial charge on any atom is 0.308 e. The van der Waals surface area contributed by atoms with Gasteiger partial charge in [-0.15, -0.1) is 11.8 Å². The van der Waals surface area contributed by atoms with Crippen molar-refractivity contribution in [3.05, 3.63) is 24.2 Å². The molecule has 1 saturated heterocycles. The smallest absolute Gasteiger partial charge is 0.308 e. The van der Waals surface area contributed by atoms with E-state index in [4.69, 9.17) is 10.5 Å². The molecule has 0 aromatic carbocycles. The summed E-state index contributed by atoms with van der Waals surface area (Å²) in [5, 5.41) is 34.4. The van der Waals surface area contributed by atoms with Crippen molar-refractivity contribution in [3.63, 3.8) is 0 Å². The predicted octanol–water partition coefficient (Wildman–Crippen LogP) is 0.0668. The van der Waals surface area contributed by atoms with E-state index >= 15 is 0 Å². The second-order valence-corrected chi connectivity index (χ2v) is 7.87. The van der Waals surface area contributed by atoms with E-state index in [1.165, 1.54) is 10.8 Å². The van der Waals surface area contributed by atoms with Crippen molar-refractivity contribution >= 4 is 29.1 Å². The van der Waals surface area contributed by atoms with Crippen molar-refractivity contribution < 1.29 is 19.7 Å². The third-order valence-corrected chi connectivity index (χ3v) is 5.98. The molecule has 9 nitrogen and oxygen atoms in total. The number of aliphatic hydroxyl groups is 2. The Morgan fingerprint density at radius 2 is 2.27 bits per heavy atom. The zero-order valence-electron chi connectivity index (χ0n) is 14.2. The fourth-order valence-electron chi connectivity index (χ4n) is 2.88. The van der Waals surface area contributed by atoms with Crippen LogP contribution in [0.5, 0.6) is 0 Å². The second-order valence-electron chi connectivity index (χ2n) is 6.38. The number of nitrogen functional groups attached to an aromatic ring is 1. The predicted molar refractivity (Wildman–Crippen MR) is 93.9 cm³/mol. The maximum atomic E-state index is 11.7. The summed E-state index contributed by atoms with van der Waals surface area (Å²) >= 11 is 1.05. The Balaban J connectivity index is 1.95. The number of nitrogens with two attached hydrogens (primary N) is 1. The van der Waals surface area contributed by atoms with E-state index in [9.17, 15) is 20.3 Å². The first kappa shape index (κ1) is 18.4. The van der Waals surface area contributed by atoms with Gasteiger partial charge in [0.1, 0.15) is 24.6 Å². The monoisotopic (exact) mass is 377 g/mol. The summed E-state index contributed by atoms with van der Waals surface area (Å²) in [5.74, 6) is -0.478. The van der Waals surface area contributed by atoms with Gasteiger partial charge in [-0.25, -0.2) is 9.50 Å². The molecular formula is C16H19N5O4S. The minimum atomic E-state index is -1.48. The van der Waals surface area contributed by atoms with Crippen LogP contribution in [0, 0.1) is 17.2 Å². The van der Waals surface area contributed by atoms with Crippen LogP contribution in [0.25, 0.3) is 5.52 Å². The van der Waals surface area contributed by atoms with Gasteiger partial charge >= 0.3 is 5.97 Å². The number of esters is 1. The summed E-state index contributed by atoms with van der Waals surface area (Å²) in [6.45, 7) is 3.29. The summed E-state index contributed by atoms with van der Waals surface area (Å²) in [4.78, 5) is 15.6. The summed E-state index contributed by atoms with van der Waals surface area (Å²) in [7, 11) is 0. The highest BCUT2D eigenvalue weighted by Crippen LogP contribution is 2.50. The lowest BCUT2D eigenvalue weighted by Gasteiger charge is -2.24. The van der Waals surface area contributed by atoms with Crippen molar-refractivity contribution in [2.45, 2.75) is 36.1 Å². The lowest BCUT2D eigenvalue weighted by Crippen LogP contribution is -2.40. The van der Waals surface area contributed by atoms with Crippen molar-refractivity contribution in [1.29, 1.82) is 5.26 Å². The molecule has 2 aromatic heterocycles. The number of nitriles is 1. The van der Waals surface area contributed by atoms with Gasteiger partial charge in [0.05, 0.1) is 29.0 Å². The van der Waals surface area contributed by atoms with Gasteiger partial charge in [-0.3, -0.25) is 4.79 Å². The zero-order chi connectivity index (χ0) is 19.1. The molecule has 2 aromatic rings. The zero-order valence-corrected chi connectivity index (χ0v) is 15.1. The SMILES string of the molecule is CC(C)C(=O)OC[C@H]1S[C@@](C#N)(c2ccc3c(N)ncnn23)C(O)C1O. The molecule has 3 rings (SSSR count). The molecule has 1 aliphatic heterocycles. The molecule has 0 radical (unpaired) electrons. The van der Waals surface area contributed by atoms with Crippen LogP contribution in [0.2, 0.25) is 0 Å². The number of carbonyl (C=O) groups is 1. The summed E-state index contributed by atoms with van der Waals surface area (Å²) in [5.41, 5.74) is 6.69. The Hall–Kier alpha value is -2.35. The van der Waals surface area contributed by atoms with E-state index < -0.39 is 28.2 Å². The van der Waals surface area contributed by atoms with Gasteiger partial charge in [0.25, 0.3) is 0 Å². The van der Waals surface area contributed by atoms with E-state index in [0.29, 0.717) is 11.2 Å². The number of thioether (sulfide) groups is 1. The average Bonchev–Trinajstić information content (AvgIpc) is 3.15. The fraction of sp³-hybridized carbons (Fsp3) is 0.500. The molecule has 1 aliphatic rings. The van der Waals surface area contributed by atoms with E-state index in [1.807, 2.05) is 0 Å². The van der Waals surface area contributed by atoms with Crippen molar-refractivity contribution in [2.24, 2.45) is 5.92 Å². The molecule has 10 heteroatoms. The lowest BCUT2D eigenvalue weighted by atomic mass is 9.94. The Bertz CT molecular complexity index is 879.